The first-order valence-electron chi connectivity index (χ1n) is 5.55. The van der Waals surface area contributed by atoms with Crippen molar-refractivity contribution in [1.29, 1.82) is 0 Å². The van der Waals surface area contributed by atoms with Crippen LogP contribution in [-0.2, 0) is 0 Å². The number of hydrogen-bond donors (Lipinski definition) is 0. The second kappa shape index (κ2) is 2.25. The van der Waals surface area contributed by atoms with E-state index in [1.54, 1.807) is 0 Å². The van der Waals surface area contributed by atoms with Gasteiger partial charge in [0.1, 0.15) is 0 Å². The van der Waals surface area contributed by atoms with Gasteiger partial charge < -0.3 is 0 Å². The van der Waals surface area contributed by atoms with E-state index in [4.69, 9.17) is 0 Å². The zero-order valence-electron chi connectivity index (χ0n) is 8.16. The largest absolute Gasteiger partial charge is 0.294 e. The van der Waals surface area contributed by atoms with Gasteiger partial charge in [-0.15, -0.1) is 0 Å². The van der Waals surface area contributed by atoms with E-state index in [-0.39, 0.29) is 0 Å². The lowest BCUT2D eigenvalue weighted by atomic mass is 9.94. The van der Waals surface area contributed by atoms with E-state index >= 15 is 0 Å². The predicted molar refractivity (Wildman–Crippen MR) is 50.0 cm³/mol. The van der Waals surface area contributed by atoms with Crippen molar-refractivity contribution in [2.24, 2.45) is 11.8 Å². The van der Waals surface area contributed by atoms with Crippen molar-refractivity contribution < 1.29 is 0 Å². The van der Waals surface area contributed by atoms with Gasteiger partial charge in [0.05, 0.1) is 0 Å². The fourth-order valence-electron chi connectivity index (χ4n) is 3.95. The quantitative estimate of drug-likeness (QED) is 0.532. The first-order valence-corrected chi connectivity index (χ1v) is 5.55. The Labute approximate surface area is 75.1 Å². The minimum atomic E-state index is 0.880. The smallest absolute Gasteiger partial charge is 0.0133 e. The molecule has 1 saturated carbocycles. The van der Waals surface area contributed by atoms with Gasteiger partial charge in [-0.2, -0.15) is 0 Å². The molecule has 3 rings (SSSR count). The molecule has 3 fully saturated rings. The molecular formula is C11H19N. The van der Waals surface area contributed by atoms with Gasteiger partial charge in [0.15, 0.2) is 0 Å². The van der Waals surface area contributed by atoms with Gasteiger partial charge in [-0.3, -0.25) is 4.90 Å². The monoisotopic (exact) mass is 165 g/mol. The van der Waals surface area contributed by atoms with Gasteiger partial charge in [0.2, 0.25) is 0 Å². The van der Waals surface area contributed by atoms with Gasteiger partial charge in [0.25, 0.3) is 0 Å². The van der Waals surface area contributed by atoms with Crippen LogP contribution in [0.3, 0.4) is 0 Å². The van der Waals surface area contributed by atoms with Crippen LogP contribution >= 0.6 is 0 Å². The van der Waals surface area contributed by atoms with Crippen molar-refractivity contribution in [3.63, 3.8) is 0 Å². The molecule has 0 aromatic rings. The maximum absolute atomic E-state index is 2.85. The molecule has 3 aliphatic rings. The highest BCUT2D eigenvalue weighted by Gasteiger charge is 2.52. The number of rotatable bonds is 0. The van der Waals surface area contributed by atoms with Crippen molar-refractivity contribution in [2.75, 3.05) is 0 Å². The number of hydrogen-bond acceptors (Lipinski definition) is 1. The van der Waals surface area contributed by atoms with Crippen LogP contribution in [0.1, 0.15) is 39.5 Å². The Morgan fingerprint density at radius 3 is 2.67 bits per heavy atom. The molecule has 2 saturated heterocycles. The van der Waals surface area contributed by atoms with Crippen LogP contribution in [0.25, 0.3) is 0 Å². The zero-order chi connectivity index (χ0) is 8.29. The molecule has 1 heteroatoms. The van der Waals surface area contributed by atoms with E-state index in [1.165, 1.54) is 25.7 Å². The summed E-state index contributed by atoms with van der Waals surface area (Å²) in [6, 6.07) is 2.86. The van der Waals surface area contributed by atoms with Gasteiger partial charge in [-0.25, -0.2) is 0 Å². The Hall–Kier alpha value is -0.0400. The Bertz CT molecular complexity index is 199. The van der Waals surface area contributed by atoms with Crippen molar-refractivity contribution in [1.82, 2.24) is 4.90 Å². The molecule has 0 spiro atoms. The average molecular weight is 165 g/mol. The zero-order valence-corrected chi connectivity index (χ0v) is 8.16. The van der Waals surface area contributed by atoms with Crippen LogP contribution in [0.15, 0.2) is 0 Å². The summed E-state index contributed by atoms with van der Waals surface area (Å²) >= 11 is 0. The van der Waals surface area contributed by atoms with E-state index in [0.29, 0.717) is 0 Å². The maximum Gasteiger partial charge on any atom is 0.0133 e. The lowest BCUT2D eigenvalue weighted by Gasteiger charge is -2.32. The van der Waals surface area contributed by atoms with Gasteiger partial charge >= 0.3 is 0 Å². The molecule has 0 N–H and O–H groups in total. The van der Waals surface area contributed by atoms with Crippen LogP contribution in [-0.4, -0.2) is 23.0 Å². The molecule has 0 aromatic carbocycles. The summed E-state index contributed by atoms with van der Waals surface area (Å²) < 4.78 is 0. The van der Waals surface area contributed by atoms with Crippen LogP contribution in [0, 0.1) is 11.8 Å². The highest BCUT2D eigenvalue weighted by molar-refractivity contribution is 5.06. The van der Waals surface area contributed by atoms with Crippen LogP contribution < -0.4 is 0 Å². The summed E-state index contributed by atoms with van der Waals surface area (Å²) in [4.78, 5) is 2.85. The minimum Gasteiger partial charge on any atom is -0.294 e. The van der Waals surface area contributed by atoms with Gasteiger partial charge in [-0.05, 0) is 44.4 Å². The fraction of sp³-hybridized carbons (Fsp3) is 1.00. The third-order valence-electron chi connectivity index (χ3n) is 4.70. The molecule has 2 heterocycles. The summed E-state index contributed by atoms with van der Waals surface area (Å²) in [6.07, 6.45) is 6.05. The van der Waals surface area contributed by atoms with Gasteiger partial charge in [-0.1, -0.05) is 6.92 Å². The Balaban J connectivity index is 1.90. The predicted octanol–water partition coefficient (Wildman–Crippen LogP) is 2.27. The van der Waals surface area contributed by atoms with Crippen LogP contribution in [0.4, 0.5) is 0 Å². The Morgan fingerprint density at radius 2 is 1.92 bits per heavy atom. The summed E-state index contributed by atoms with van der Waals surface area (Å²) in [5, 5.41) is 0. The number of nitrogens with zero attached hydrogens (tertiary/aromatic N) is 1. The third kappa shape index (κ3) is 0.736. The lowest BCUT2D eigenvalue weighted by Crippen LogP contribution is -2.40. The molecule has 1 nitrogen and oxygen atoms in total. The molecule has 5 unspecified atom stereocenters. The maximum atomic E-state index is 2.85. The fourth-order valence-corrected chi connectivity index (χ4v) is 3.95. The van der Waals surface area contributed by atoms with Crippen molar-refractivity contribution in [2.45, 2.75) is 57.7 Å². The summed E-state index contributed by atoms with van der Waals surface area (Å²) in [5.74, 6) is 2.04. The number of piperidine rings is 1. The molecule has 0 amide bonds. The average Bonchev–Trinajstić information content (AvgIpc) is 2.66. The first-order chi connectivity index (χ1) is 5.77. The lowest BCUT2D eigenvalue weighted by molar-refractivity contribution is 0.140. The van der Waals surface area contributed by atoms with Crippen molar-refractivity contribution >= 4 is 0 Å². The SMILES string of the molecule is CC1CC2C3CCC(C3)N2C1C. The molecule has 2 aliphatic heterocycles. The minimum absolute atomic E-state index is 0.880. The molecule has 12 heavy (non-hydrogen) atoms. The summed E-state index contributed by atoms with van der Waals surface area (Å²) in [5.41, 5.74) is 0. The molecule has 0 aromatic heterocycles. The highest BCUT2D eigenvalue weighted by Crippen LogP contribution is 2.50. The third-order valence-corrected chi connectivity index (χ3v) is 4.70. The van der Waals surface area contributed by atoms with E-state index in [0.717, 1.165) is 30.0 Å². The normalized spacial score (nSPS) is 58.0. The van der Waals surface area contributed by atoms with Crippen LogP contribution in [0.5, 0.6) is 0 Å². The topological polar surface area (TPSA) is 3.24 Å². The Morgan fingerprint density at radius 1 is 1.08 bits per heavy atom. The van der Waals surface area contributed by atoms with Crippen molar-refractivity contribution in [3.8, 4) is 0 Å². The molecule has 5 atom stereocenters. The second-order valence-electron chi connectivity index (χ2n) is 5.20. The first kappa shape index (κ1) is 7.37. The highest BCUT2D eigenvalue weighted by atomic mass is 15.3. The van der Waals surface area contributed by atoms with E-state index in [2.05, 4.69) is 18.7 Å². The molecule has 1 aliphatic carbocycles. The molecular weight excluding hydrogens is 146 g/mol. The number of fused-ring (bicyclic) bond motifs is 5. The van der Waals surface area contributed by atoms with E-state index in [1.807, 2.05) is 0 Å². The second-order valence-corrected chi connectivity index (χ2v) is 5.20. The summed E-state index contributed by atoms with van der Waals surface area (Å²) in [7, 11) is 0. The van der Waals surface area contributed by atoms with Gasteiger partial charge in [0, 0.05) is 18.1 Å². The summed E-state index contributed by atoms with van der Waals surface area (Å²) in [6.45, 7) is 4.87. The van der Waals surface area contributed by atoms with E-state index < -0.39 is 0 Å². The van der Waals surface area contributed by atoms with Crippen molar-refractivity contribution in [3.05, 3.63) is 0 Å². The molecule has 0 radical (unpaired) electrons. The Kier molecular flexibility index (Phi) is 1.39. The molecule has 68 valence electrons. The molecule has 2 bridgehead atoms. The van der Waals surface area contributed by atoms with Crippen LogP contribution in [0.2, 0.25) is 0 Å². The van der Waals surface area contributed by atoms with E-state index in [9.17, 15) is 0 Å². The standard InChI is InChI=1S/C11H19N/c1-7-5-11-9-3-4-10(6-9)12(11)8(7)2/h7-11H,3-6H2,1-2H3.